The smallest absolute Gasteiger partial charge is 0.294 e. The predicted octanol–water partition coefficient (Wildman–Crippen LogP) is 1.83. The Kier molecular flexibility index (Phi) is 3.32. The van der Waals surface area contributed by atoms with Gasteiger partial charge >= 0.3 is 0 Å². The van der Waals surface area contributed by atoms with Gasteiger partial charge in [-0.05, 0) is 30.5 Å². The summed E-state index contributed by atoms with van der Waals surface area (Å²) in [7, 11) is -3.63. The first-order valence-corrected chi connectivity index (χ1v) is 8.14. The van der Waals surface area contributed by atoms with E-state index in [9.17, 15) is 13.2 Å². The SMILES string of the molecule is O=C1CCCC2=C1C(c1ccc(Cl)cc1)NS(=O)(=O)N2. The highest BCUT2D eigenvalue weighted by atomic mass is 35.5. The number of ketones is 1. The van der Waals surface area contributed by atoms with Crippen LogP contribution in [0.2, 0.25) is 5.02 Å². The molecule has 0 amide bonds. The average molecular weight is 313 g/mol. The molecule has 1 aliphatic carbocycles. The molecule has 1 aromatic rings. The van der Waals surface area contributed by atoms with Crippen LogP contribution in [-0.4, -0.2) is 14.2 Å². The molecule has 2 aliphatic rings. The van der Waals surface area contributed by atoms with Crippen molar-refractivity contribution in [1.82, 2.24) is 9.44 Å². The lowest BCUT2D eigenvalue weighted by molar-refractivity contribution is -0.116. The third-order valence-corrected chi connectivity index (χ3v) is 4.79. The van der Waals surface area contributed by atoms with Gasteiger partial charge in [0.1, 0.15) is 0 Å². The van der Waals surface area contributed by atoms with E-state index in [0.717, 1.165) is 0 Å². The molecule has 5 nitrogen and oxygen atoms in total. The van der Waals surface area contributed by atoms with Crippen LogP contribution in [-0.2, 0) is 15.0 Å². The largest absolute Gasteiger partial charge is 0.299 e. The Hall–Kier alpha value is -1.37. The van der Waals surface area contributed by atoms with Crippen molar-refractivity contribution in [2.24, 2.45) is 0 Å². The normalized spacial score (nSPS) is 25.1. The first-order chi connectivity index (χ1) is 9.46. The Morgan fingerprint density at radius 3 is 2.55 bits per heavy atom. The van der Waals surface area contributed by atoms with Gasteiger partial charge in [-0.3, -0.25) is 9.52 Å². The van der Waals surface area contributed by atoms with Crippen LogP contribution >= 0.6 is 11.6 Å². The van der Waals surface area contributed by atoms with E-state index < -0.39 is 16.3 Å². The minimum atomic E-state index is -3.63. The zero-order valence-electron chi connectivity index (χ0n) is 10.5. The zero-order chi connectivity index (χ0) is 14.3. The highest BCUT2D eigenvalue weighted by Gasteiger charge is 2.36. The molecule has 0 radical (unpaired) electrons. The van der Waals surface area contributed by atoms with Crippen molar-refractivity contribution in [3.63, 3.8) is 0 Å². The zero-order valence-corrected chi connectivity index (χ0v) is 12.1. The molecule has 1 heterocycles. The van der Waals surface area contributed by atoms with Gasteiger partial charge in [0.2, 0.25) is 0 Å². The van der Waals surface area contributed by atoms with Gasteiger partial charge < -0.3 is 0 Å². The summed E-state index contributed by atoms with van der Waals surface area (Å²) in [5, 5.41) is 0.565. The van der Waals surface area contributed by atoms with Crippen molar-refractivity contribution in [1.29, 1.82) is 0 Å². The summed E-state index contributed by atoms with van der Waals surface area (Å²) >= 11 is 5.84. The monoisotopic (exact) mass is 312 g/mol. The molecule has 2 N–H and O–H groups in total. The molecule has 1 unspecified atom stereocenters. The molecule has 0 aromatic heterocycles. The Labute approximate surface area is 122 Å². The number of hydrogen-bond donors (Lipinski definition) is 2. The molecular formula is C13H13ClN2O3S. The third kappa shape index (κ3) is 2.46. The quantitative estimate of drug-likeness (QED) is 0.830. The Balaban J connectivity index is 2.11. The van der Waals surface area contributed by atoms with E-state index >= 15 is 0 Å². The van der Waals surface area contributed by atoms with E-state index in [1.54, 1.807) is 24.3 Å². The van der Waals surface area contributed by atoms with Crippen molar-refractivity contribution < 1.29 is 13.2 Å². The first kappa shape index (κ1) is 13.6. The third-order valence-electron chi connectivity index (χ3n) is 3.48. The molecule has 0 bridgehead atoms. The second kappa shape index (κ2) is 4.87. The van der Waals surface area contributed by atoms with Gasteiger partial charge in [-0.1, -0.05) is 23.7 Å². The van der Waals surface area contributed by atoms with Gasteiger partial charge in [0.25, 0.3) is 10.2 Å². The summed E-state index contributed by atoms with van der Waals surface area (Å²) in [5.74, 6) is -0.0129. The average Bonchev–Trinajstić information content (AvgIpc) is 2.37. The molecule has 0 saturated heterocycles. The van der Waals surface area contributed by atoms with Crippen LogP contribution in [0.5, 0.6) is 0 Å². The molecule has 3 rings (SSSR count). The Bertz CT molecular complexity index is 695. The standard InChI is InChI=1S/C13H13ClN2O3S/c14-9-6-4-8(5-7-9)13-12-10(2-1-3-11(12)17)15-20(18,19)16-13/h4-7,13,15-16H,1-3H2. The van der Waals surface area contributed by atoms with Crippen molar-refractivity contribution >= 4 is 27.6 Å². The molecule has 0 fully saturated rings. The van der Waals surface area contributed by atoms with Gasteiger partial charge in [0.05, 0.1) is 6.04 Å². The number of rotatable bonds is 1. The van der Waals surface area contributed by atoms with Crippen LogP contribution in [0.1, 0.15) is 30.9 Å². The van der Waals surface area contributed by atoms with E-state index in [0.29, 0.717) is 41.1 Å². The summed E-state index contributed by atoms with van der Waals surface area (Å²) in [6.45, 7) is 0. The molecule has 1 aliphatic heterocycles. The fourth-order valence-corrected chi connectivity index (χ4v) is 3.89. The van der Waals surface area contributed by atoms with Crippen molar-refractivity contribution in [2.45, 2.75) is 25.3 Å². The van der Waals surface area contributed by atoms with Crippen LogP contribution in [0.3, 0.4) is 0 Å². The second-order valence-electron chi connectivity index (χ2n) is 4.88. The van der Waals surface area contributed by atoms with Gasteiger partial charge in [0.15, 0.2) is 5.78 Å². The number of halogens is 1. The fourth-order valence-electron chi connectivity index (χ4n) is 2.60. The number of allylic oxidation sites excluding steroid dienone is 1. The first-order valence-electron chi connectivity index (χ1n) is 6.28. The minimum absolute atomic E-state index is 0.0129. The van der Waals surface area contributed by atoms with Gasteiger partial charge in [0, 0.05) is 22.7 Å². The molecule has 0 saturated carbocycles. The Morgan fingerprint density at radius 2 is 1.85 bits per heavy atom. The summed E-state index contributed by atoms with van der Waals surface area (Å²) < 4.78 is 28.7. The maximum atomic E-state index is 12.1. The molecule has 1 atom stereocenters. The molecular weight excluding hydrogens is 300 g/mol. The van der Waals surface area contributed by atoms with E-state index in [1.165, 1.54) is 0 Å². The lowest BCUT2D eigenvalue weighted by Gasteiger charge is -2.32. The highest BCUT2D eigenvalue weighted by molar-refractivity contribution is 7.87. The van der Waals surface area contributed by atoms with E-state index in [-0.39, 0.29) is 5.78 Å². The van der Waals surface area contributed by atoms with Gasteiger partial charge in [-0.15, -0.1) is 0 Å². The maximum absolute atomic E-state index is 12.1. The second-order valence-corrected chi connectivity index (χ2v) is 6.76. The number of carbonyl (C=O) groups excluding carboxylic acids is 1. The van der Waals surface area contributed by atoms with Gasteiger partial charge in [-0.2, -0.15) is 13.1 Å². The molecule has 0 spiro atoms. The van der Waals surface area contributed by atoms with Crippen LogP contribution in [0.25, 0.3) is 0 Å². The topological polar surface area (TPSA) is 75.3 Å². The van der Waals surface area contributed by atoms with Crippen molar-refractivity contribution in [3.8, 4) is 0 Å². The number of carbonyl (C=O) groups is 1. The van der Waals surface area contributed by atoms with E-state index in [4.69, 9.17) is 11.6 Å². The molecule has 7 heteroatoms. The van der Waals surface area contributed by atoms with Crippen LogP contribution in [0.15, 0.2) is 35.5 Å². The number of Topliss-reactive ketones (excluding diaryl/α,β-unsaturated/α-hetero) is 1. The fraction of sp³-hybridized carbons (Fsp3) is 0.308. The maximum Gasteiger partial charge on any atom is 0.299 e. The van der Waals surface area contributed by atoms with Crippen LogP contribution in [0.4, 0.5) is 0 Å². The number of benzene rings is 1. The number of nitrogens with one attached hydrogen (secondary N) is 2. The molecule has 1 aromatic carbocycles. The predicted molar refractivity (Wildman–Crippen MR) is 75.3 cm³/mol. The lowest BCUT2D eigenvalue weighted by atomic mass is 9.87. The van der Waals surface area contributed by atoms with E-state index in [2.05, 4.69) is 9.44 Å². The summed E-state index contributed by atoms with van der Waals surface area (Å²) in [6.07, 6.45) is 1.70. The summed E-state index contributed by atoms with van der Waals surface area (Å²) in [4.78, 5) is 12.1. The lowest BCUT2D eigenvalue weighted by Crippen LogP contribution is -2.47. The molecule has 106 valence electrons. The van der Waals surface area contributed by atoms with Crippen LogP contribution < -0.4 is 9.44 Å². The number of hydrogen-bond acceptors (Lipinski definition) is 3. The van der Waals surface area contributed by atoms with Crippen molar-refractivity contribution in [3.05, 3.63) is 46.1 Å². The van der Waals surface area contributed by atoms with E-state index in [1.807, 2.05) is 0 Å². The van der Waals surface area contributed by atoms with Crippen LogP contribution in [0, 0.1) is 0 Å². The van der Waals surface area contributed by atoms with Crippen molar-refractivity contribution in [2.75, 3.05) is 0 Å². The minimum Gasteiger partial charge on any atom is -0.294 e. The summed E-state index contributed by atoms with van der Waals surface area (Å²) in [6, 6.07) is 6.18. The summed E-state index contributed by atoms with van der Waals surface area (Å²) in [5.41, 5.74) is 1.75. The Morgan fingerprint density at radius 1 is 1.15 bits per heavy atom. The highest BCUT2D eigenvalue weighted by Crippen LogP contribution is 2.34. The van der Waals surface area contributed by atoms with Gasteiger partial charge in [-0.25, -0.2) is 0 Å². The molecule has 20 heavy (non-hydrogen) atoms.